The lowest BCUT2D eigenvalue weighted by molar-refractivity contribution is -0.278. The normalized spacial score (nSPS) is 13.3. The third kappa shape index (κ3) is 9.78. The molecule has 44 heavy (non-hydrogen) atoms. The number of aliphatic hydroxyl groups is 1. The number of rotatable bonds is 13. The van der Waals surface area contributed by atoms with Crippen molar-refractivity contribution in [1.29, 1.82) is 0 Å². The van der Waals surface area contributed by atoms with E-state index in [1.54, 1.807) is 0 Å². The molecule has 3 aromatic rings. The van der Waals surface area contributed by atoms with Gasteiger partial charge in [0.05, 0.1) is 18.7 Å². The van der Waals surface area contributed by atoms with E-state index in [9.17, 15) is 45.4 Å². The Balaban J connectivity index is 1.77. The van der Waals surface area contributed by atoms with E-state index in [0.717, 1.165) is 35.7 Å². The molecule has 3 aromatic carbocycles. The maximum atomic E-state index is 13.9. The third-order valence-corrected chi connectivity index (χ3v) is 6.73. The van der Waals surface area contributed by atoms with Gasteiger partial charge < -0.3 is 21.1 Å². The summed E-state index contributed by atoms with van der Waals surface area (Å²) in [6.45, 7) is 1.82. The van der Waals surface area contributed by atoms with Crippen LogP contribution in [0.25, 0.3) is 0 Å². The highest BCUT2D eigenvalue weighted by Crippen LogP contribution is 2.34. The molecule has 0 spiro atoms. The molecule has 0 aliphatic heterocycles. The summed E-state index contributed by atoms with van der Waals surface area (Å²) in [7, 11) is 0. The van der Waals surface area contributed by atoms with Crippen LogP contribution in [0.15, 0.2) is 60.7 Å². The predicted molar refractivity (Wildman–Crippen MR) is 149 cm³/mol. The van der Waals surface area contributed by atoms with Crippen LogP contribution in [-0.2, 0) is 19.4 Å². The van der Waals surface area contributed by atoms with Gasteiger partial charge in [-0.2, -0.15) is 22.0 Å². The average Bonchev–Trinajstić information content (AvgIpc) is 2.94. The van der Waals surface area contributed by atoms with Crippen LogP contribution in [0.2, 0.25) is 0 Å². The lowest BCUT2D eigenvalue weighted by Crippen LogP contribution is -2.48. The van der Waals surface area contributed by atoms with Crippen molar-refractivity contribution in [3.8, 4) is 0 Å². The molecule has 2 atom stereocenters. The zero-order chi connectivity index (χ0) is 32.7. The van der Waals surface area contributed by atoms with E-state index < -0.39 is 54.2 Å². The molecule has 6 nitrogen and oxygen atoms in total. The Morgan fingerprint density at radius 2 is 1.45 bits per heavy atom. The molecule has 0 saturated heterocycles. The van der Waals surface area contributed by atoms with Gasteiger partial charge in [-0.15, -0.1) is 0 Å². The molecule has 0 radical (unpaired) electrons. The third-order valence-electron chi connectivity index (χ3n) is 6.73. The highest BCUT2D eigenvalue weighted by Gasteiger charge is 2.57. The summed E-state index contributed by atoms with van der Waals surface area (Å²) >= 11 is 0. The van der Waals surface area contributed by atoms with E-state index in [0.29, 0.717) is 18.2 Å². The Bertz CT molecular complexity index is 1440. The van der Waals surface area contributed by atoms with Gasteiger partial charge in [-0.3, -0.25) is 9.59 Å². The maximum Gasteiger partial charge on any atom is 0.455 e. The maximum absolute atomic E-state index is 13.9. The van der Waals surface area contributed by atoms with Crippen molar-refractivity contribution in [3.05, 3.63) is 106 Å². The van der Waals surface area contributed by atoms with E-state index in [4.69, 9.17) is 0 Å². The van der Waals surface area contributed by atoms with Crippen molar-refractivity contribution in [2.75, 3.05) is 13.1 Å². The number of hydrogen-bond acceptors (Lipinski definition) is 4. The summed E-state index contributed by atoms with van der Waals surface area (Å²) in [6, 6.07) is 12.9. The summed E-state index contributed by atoms with van der Waals surface area (Å²) in [5.41, 5.74) is 1.99. The molecule has 13 heteroatoms. The topological polar surface area (TPSA) is 90.5 Å². The van der Waals surface area contributed by atoms with Crippen LogP contribution in [0.3, 0.4) is 0 Å². The Labute approximate surface area is 249 Å². The fourth-order valence-corrected chi connectivity index (χ4v) is 4.42. The number of benzene rings is 3. The molecule has 0 fully saturated rings. The largest absolute Gasteiger partial charge is 0.455 e. The Hall–Kier alpha value is -3.97. The van der Waals surface area contributed by atoms with E-state index in [-0.39, 0.29) is 29.7 Å². The minimum atomic E-state index is -5.87. The second-order valence-electron chi connectivity index (χ2n) is 10.4. The molecule has 0 aliphatic carbocycles. The molecule has 0 heterocycles. The van der Waals surface area contributed by atoms with Gasteiger partial charge in [0, 0.05) is 30.3 Å². The zero-order valence-electron chi connectivity index (χ0n) is 23.9. The van der Waals surface area contributed by atoms with E-state index >= 15 is 0 Å². The monoisotopic (exact) mass is 627 g/mol. The number of amides is 2. The molecule has 0 unspecified atom stereocenters. The number of aliphatic hydroxyl groups excluding tert-OH is 1. The first-order valence-corrected chi connectivity index (χ1v) is 13.6. The van der Waals surface area contributed by atoms with Crippen molar-refractivity contribution in [2.24, 2.45) is 0 Å². The summed E-state index contributed by atoms with van der Waals surface area (Å²) < 4.78 is 91.8. The van der Waals surface area contributed by atoms with Crippen molar-refractivity contribution in [1.82, 2.24) is 16.0 Å². The number of alkyl halides is 5. The van der Waals surface area contributed by atoms with Crippen LogP contribution in [-0.4, -0.2) is 54.3 Å². The standard InChI is InChI=1S/C31H32F7N3O3/c1-3-19-5-4-6-20(9-19)15-39-16-27(42)26(12-21-10-24(32)14-25(33)11-21)41-29(44)23-8-18(2)7-22(13-23)28(43)40-17-30(34,35)31(36,37)38/h4-11,13-14,26-27,39,42H,3,12,15-17H2,1-2H3,(H,40,43)(H,41,44)/t26-,27+/m0/s1. The van der Waals surface area contributed by atoms with Gasteiger partial charge in [-0.1, -0.05) is 31.2 Å². The number of carbonyl (C=O) groups is 2. The van der Waals surface area contributed by atoms with Crippen LogP contribution in [0.1, 0.15) is 49.9 Å². The van der Waals surface area contributed by atoms with Crippen molar-refractivity contribution in [2.45, 2.75) is 57.5 Å². The summed E-state index contributed by atoms with van der Waals surface area (Å²) in [5, 5.41) is 18.2. The Morgan fingerprint density at radius 1 is 0.841 bits per heavy atom. The summed E-state index contributed by atoms with van der Waals surface area (Å²) in [6.07, 6.45) is -6.50. The highest BCUT2D eigenvalue weighted by molar-refractivity contribution is 6.00. The smallest absolute Gasteiger partial charge is 0.390 e. The number of carbonyl (C=O) groups excluding carboxylic acids is 2. The number of hydrogen-bond donors (Lipinski definition) is 4. The van der Waals surface area contributed by atoms with Crippen LogP contribution >= 0.6 is 0 Å². The molecule has 0 bridgehead atoms. The molecule has 3 rings (SSSR count). The van der Waals surface area contributed by atoms with Gasteiger partial charge in [0.25, 0.3) is 11.8 Å². The Morgan fingerprint density at radius 3 is 2.07 bits per heavy atom. The van der Waals surface area contributed by atoms with Gasteiger partial charge in [-0.05, 0) is 72.4 Å². The number of nitrogens with one attached hydrogen (secondary N) is 3. The molecule has 238 valence electrons. The molecular formula is C31H32F7N3O3. The van der Waals surface area contributed by atoms with Gasteiger partial charge >= 0.3 is 12.1 Å². The van der Waals surface area contributed by atoms with E-state index in [2.05, 4.69) is 10.6 Å². The van der Waals surface area contributed by atoms with Crippen LogP contribution < -0.4 is 16.0 Å². The second kappa shape index (κ2) is 14.7. The van der Waals surface area contributed by atoms with Gasteiger partial charge in [0.15, 0.2) is 0 Å². The number of halogens is 7. The predicted octanol–water partition coefficient (Wildman–Crippen LogP) is 5.25. The van der Waals surface area contributed by atoms with Crippen molar-refractivity contribution < 1.29 is 45.4 Å². The fraction of sp³-hybridized carbons (Fsp3) is 0.355. The summed E-state index contributed by atoms with van der Waals surface area (Å²) in [4.78, 5) is 25.6. The lowest BCUT2D eigenvalue weighted by atomic mass is 9.99. The molecule has 0 saturated carbocycles. The minimum absolute atomic E-state index is 0.0337. The van der Waals surface area contributed by atoms with Crippen LogP contribution in [0.5, 0.6) is 0 Å². The Kier molecular flexibility index (Phi) is 11.5. The highest BCUT2D eigenvalue weighted by atomic mass is 19.4. The molecule has 2 amide bonds. The van der Waals surface area contributed by atoms with Gasteiger partial charge in [0.1, 0.15) is 11.6 Å². The quantitative estimate of drug-likeness (QED) is 0.195. The van der Waals surface area contributed by atoms with Crippen molar-refractivity contribution in [3.63, 3.8) is 0 Å². The van der Waals surface area contributed by atoms with Crippen LogP contribution in [0.4, 0.5) is 30.7 Å². The first-order chi connectivity index (χ1) is 20.6. The van der Waals surface area contributed by atoms with E-state index in [1.807, 2.05) is 31.2 Å². The fourth-order valence-electron chi connectivity index (χ4n) is 4.42. The summed E-state index contributed by atoms with van der Waals surface area (Å²) in [5.74, 6) is -8.99. The lowest BCUT2D eigenvalue weighted by Gasteiger charge is -2.25. The van der Waals surface area contributed by atoms with Gasteiger partial charge in [0.2, 0.25) is 0 Å². The molecule has 4 N–H and O–H groups in total. The second-order valence-corrected chi connectivity index (χ2v) is 10.4. The number of aryl methyl sites for hydroxylation is 2. The minimum Gasteiger partial charge on any atom is -0.390 e. The molecular weight excluding hydrogens is 595 g/mol. The van der Waals surface area contributed by atoms with Gasteiger partial charge in [-0.25, -0.2) is 8.78 Å². The SMILES string of the molecule is CCc1cccc(CNC[C@@H](O)[C@H](Cc2cc(F)cc(F)c2)NC(=O)c2cc(C)cc(C(=O)NCC(F)(F)C(F)(F)F)c2)c1. The zero-order valence-corrected chi connectivity index (χ0v) is 23.9. The van der Waals surface area contributed by atoms with E-state index in [1.165, 1.54) is 24.4 Å². The first-order valence-electron chi connectivity index (χ1n) is 13.6. The van der Waals surface area contributed by atoms with Crippen molar-refractivity contribution >= 4 is 11.8 Å². The molecule has 0 aliphatic rings. The molecule has 0 aromatic heterocycles. The first kappa shape index (κ1) is 34.5. The van der Waals surface area contributed by atoms with Crippen LogP contribution in [0, 0.1) is 18.6 Å². The average molecular weight is 628 g/mol.